The smallest absolute Gasteiger partial charge is 0.176 e. The second-order valence-corrected chi connectivity index (χ2v) is 6.31. The lowest BCUT2D eigenvalue weighted by atomic mass is 10.1. The van der Waals surface area contributed by atoms with Crippen LogP contribution in [0.3, 0.4) is 0 Å². The molecule has 0 fully saturated rings. The number of unbranched alkanes of at least 4 members (excludes halogenated alkanes) is 2. The molecule has 2 aromatic carbocycles. The lowest BCUT2D eigenvalue weighted by Gasteiger charge is -2.02. The summed E-state index contributed by atoms with van der Waals surface area (Å²) in [6, 6.07) is 15.6. The summed E-state index contributed by atoms with van der Waals surface area (Å²) in [5.74, 6) is 4.56. The second-order valence-electron chi connectivity index (χ2n) is 6.31. The predicted molar refractivity (Wildman–Crippen MR) is 101 cm³/mol. The number of aryl methyl sites for hydroxylation is 1. The molecule has 0 radical (unpaired) electrons. The van der Waals surface area contributed by atoms with Crippen LogP contribution in [-0.2, 0) is 6.42 Å². The van der Waals surface area contributed by atoms with Crippen LogP contribution in [0.25, 0.3) is 5.69 Å². The maximum Gasteiger partial charge on any atom is 0.176 e. The van der Waals surface area contributed by atoms with E-state index in [2.05, 4.69) is 30.9 Å². The van der Waals surface area contributed by atoms with Gasteiger partial charge in [-0.1, -0.05) is 43.7 Å². The summed E-state index contributed by atoms with van der Waals surface area (Å²) in [6.45, 7) is 2.21. The predicted octanol–water partition coefficient (Wildman–Crippen LogP) is 5.89. The Morgan fingerprint density at radius 2 is 1.31 bits per heavy atom. The summed E-state index contributed by atoms with van der Waals surface area (Å²) in [5.41, 5.74) is 3.87. The SMILES string of the molecule is CCCCCc1ccc(C#Cc2ccc(-n3cc(F)c(F)c3)cc2)cc1. The molecule has 0 atom stereocenters. The average molecular weight is 349 g/mol. The number of aromatic nitrogens is 1. The fourth-order valence-electron chi connectivity index (χ4n) is 2.75. The topological polar surface area (TPSA) is 4.93 Å². The molecule has 0 spiro atoms. The monoisotopic (exact) mass is 349 g/mol. The zero-order chi connectivity index (χ0) is 18.4. The summed E-state index contributed by atoms with van der Waals surface area (Å²) < 4.78 is 27.6. The first-order valence-electron chi connectivity index (χ1n) is 8.90. The largest absolute Gasteiger partial charge is 0.318 e. The molecule has 0 bridgehead atoms. The number of benzene rings is 2. The van der Waals surface area contributed by atoms with Crippen molar-refractivity contribution in [2.45, 2.75) is 32.6 Å². The van der Waals surface area contributed by atoms with Gasteiger partial charge in [0.2, 0.25) is 0 Å². The Bertz CT molecular complexity index is 890. The van der Waals surface area contributed by atoms with Crippen molar-refractivity contribution in [3.63, 3.8) is 0 Å². The Labute approximate surface area is 153 Å². The molecular weight excluding hydrogens is 328 g/mol. The first-order valence-corrected chi connectivity index (χ1v) is 8.90. The minimum absolute atomic E-state index is 0.690. The van der Waals surface area contributed by atoms with E-state index < -0.39 is 11.6 Å². The standard InChI is InChI=1S/C23H21F2N/c1-2-3-4-5-18-6-8-19(9-7-18)10-11-20-12-14-21(15-13-20)26-16-22(24)23(25)17-26/h6-9,12-17H,2-5H2,1H3. The van der Waals surface area contributed by atoms with Crippen molar-refractivity contribution >= 4 is 0 Å². The second kappa shape index (κ2) is 8.49. The van der Waals surface area contributed by atoms with Crippen molar-refractivity contribution in [2.24, 2.45) is 0 Å². The van der Waals surface area contributed by atoms with Crippen LogP contribution < -0.4 is 0 Å². The van der Waals surface area contributed by atoms with Crippen LogP contribution in [0.15, 0.2) is 60.9 Å². The molecule has 1 aromatic heterocycles. The van der Waals surface area contributed by atoms with Crippen LogP contribution in [0.4, 0.5) is 8.78 Å². The van der Waals surface area contributed by atoms with Crippen LogP contribution in [-0.4, -0.2) is 4.57 Å². The van der Waals surface area contributed by atoms with Gasteiger partial charge >= 0.3 is 0 Å². The lowest BCUT2D eigenvalue weighted by molar-refractivity contribution is 0.516. The van der Waals surface area contributed by atoms with Crippen molar-refractivity contribution < 1.29 is 8.78 Å². The molecule has 132 valence electrons. The molecule has 0 unspecified atom stereocenters. The van der Waals surface area contributed by atoms with E-state index in [9.17, 15) is 8.78 Å². The number of halogens is 2. The van der Waals surface area contributed by atoms with Gasteiger partial charge in [-0.25, -0.2) is 8.78 Å². The van der Waals surface area contributed by atoms with Crippen molar-refractivity contribution in [2.75, 3.05) is 0 Å². The van der Waals surface area contributed by atoms with Gasteiger partial charge in [-0.2, -0.15) is 0 Å². The van der Waals surface area contributed by atoms with E-state index in [1.807, 2.05) is 24.3 Å². The quantitative estimate of drug-likeness (QED) is 0.400. The highest BCUT2D eigenvalue weighted by atomic mass is 19.2. The van der Waals surface area contributed by atoms with E-state index in [1.54, 1.807) is 12.1 Å². The first kappa shape index (κ1) is 17.9. The zero-order valence-corrected chi connectivity index (χ0v) is 14.8. The van der Waals surface area contributed by atoms with Gasteiger partial charge < -0.3 is 4.57 Å². The number of hydrogen-bond acceptors (Lipinski definition) is 0. The Morgan fingerprint density at radius 1 is 0.769 bits per heavy atom. The van der Waals surface area contributed by atoms with Crippen LogP contribution in [0.5, 0.6) is 0 Å². The fraction of sp³-hybridized carbons (Fsp3) is 0.217. The summed E-state index contributed by atoms with van der Waals surface area (Å²) in [5, 5.41) is 0. The number of rotatable bonds is 5. The highest BCUT2D eigenvalue weighted by Crippen LogP contribution is 2.14. The zero-order valence-electron chi connectivity index (χ0n) is 14.8. The van der Waals surface area contributed by atoms with E-state index in [0.717, 1.165) is 29.9 Å². The molecule has 0 saturated heterocycles. The van der Waals surface area contributed by atoms with Gasteiger partial charge in [0.1, 0.15) is 0 Å². The summed E-state index contributed by atoms with van der Waals surface area (Å²) in [6.07, 6.45) is 7.08. The summed E-state index contributed by atoms with van der Waals surface area (Å²) in [4.78, 5) is 0. The third kappa shape index (κ3) is 4.61. The summed E-state index contributed by atoms with van der Waals surface area (Å²) in [7, 11) is 0. The fourth-order valence-corrected chi connectivity index (χ4v) is 2.75. The van der Waals surface area contributed by atoms with Crippen molar-refractivity contribution in [1.29, 1.82) is 0 Å². The number of nitrogens with zero attached hydrogens (tertiary/aromatic N) is 1. The highest BCUT2D eigenvalue weighted by molar-refractivity contribution is 5.46. The average Bonchev–Trinajstić information content (AvgIpc) is 3.00. The van der Waals surface area contributed by atoms with E-state index in [4.69, 9.17) is 0 Å². The van der Waals surface area contributed by atoms with Crippen molar-refractivity contribution in [1.82, 2.24) is 4.57 Å². The molecule has 0 N–H and O–H groups in total. The molecule has 3 rings (SSSR count). The van der Waals surface area contributed by atoms with Gasteiger partial charge in [0, 0.05) is 29.2 Å². The third-order valence-electron chi connectivity index (χ3n) is 4.27. The van der Waals surface area contributed by atoms with Gasteiger partial charge in [-0.15, -0.1) is 0 Å². The Morgan fingerprint density at radius 3 is 1.85 bits per heavy atom. The molecule has 0 aliphatic rings. The maximum atomic E-state index is 13.1. The van der Waals surface area contributed by atoms with Crippen molar-refractivity contribution in [3.05, 3.63) is 89.2 Å². The normalized spacial score (nSPS) is 10.4. The van der Waals surface area contributed by atoms with Gasteiger partial charge in [0.15, 0.2) is 11.6 Å². The minimum Gasteiger partial charge on any atom is -0.318 e. The molecule has 3 aromatic rings. The molecule has 1 nitrogen and oxygen atoms in total. The van der Waals surface area contributed by atoms with Gasteiger partial charge in [0.25, 0.3) is 0 Å². The third-order valence-corrected chi connectivity index (χ3v) is 4.27. The molecule has 1 heterocycles. The molecule has 0 aliphatic carbocycles. The molecular formula is C23H21F2N. The van der Waals surface area contributed by atoms with Crippen LogP contribution >= 0.6 is 0 Å². The molecule has 0 amide bonds. The van der Waals surface area contributed by atoms with E-state index in [0.29, 0.717) is 5.69 Å². The maximum absolute atomic E-state index is 13.1. The Hall–Kier alpha value is -2.86. The molecule has 0 saturated carbocycles. The van der Waals surface area contributed by atoms with Crippen LogP contribution in [0, 0.1) is 23.5 Å². The number of hydrogen-bond donors (Lipinski definition) is 0. The first-order chi connectivity index (χ1) is 12.7. The van der Waals surface area contributed by atoms with E-state index >= 15 is 0 Å². The van der Waals surface area contributed by atoms with E-state index in [1.165, 1.54) is 29.4 Å². The van der Waals surface area contributed by atoms with Crippen LogP contribution in [0.1, 0.15) is 42.9 Å². The molecule has 0 aliphatic heterocycles. The van der Waals surface area contributed by atoms with Gasteiger partial charge in [0.05, 0.1) is 0 Å². The summed E-state index contributed by atoms with van der Waals surface area (Å²) >= 11 is 0. The van der Waals surface area contributed by atoms with E-state index in [-0.39, 0.29) is 0 Å². The molecule has 26 heavy (non-hydrogen) atoms. The molecule has 3 heteroatoms. The minimum atomic E-state index is -0.855. The lowest BCUT2D eigenvalue weighted by Crippen LogP contribution is -1.89. The Balaban J connectivity index is 1.66. The van der Waals surface area contributed by atoms with Crippen molar-refractivity contribution in [3.8, 4) is 17.5 Å². The van der Waals surface area contributed by atoms with Gasteiger partial charge in [-0.3, -0.25) is 0 Å². The Kier molecular flexibility index (Phi) is 5.86. The van der Waals surface area contributed by atoms with Gasteiger partial charge in [-0.05, 0) is 54.8 Å². The van der Waals surface area contributed by atoms with Crippen LogP contribution in [0.2, 0.25) is 0 Å². The highest BCUT2D eigenvalue weighted by Gasteiger charge is 2.06.